The van der Waals surface area contributed by atoms with Crippen molar-refractivity contribution in [2.75, 3.05) is 0 Å². The highest BCUT2D eigenvalue weighted by Crippen LogP contribution is 2.07. The van der Waals surface area contributed by atoms with E-state index < -0.39 is 0 Å². The maximum absolute atomic E-state index is 5.08. The molecule has 0 spiro atoms. The number of imidazole rings is 1. The molecule has 2 rings (SSSR count). The Morgan fingerprint density at radius 2 is 2.27 bits per heavy atom. The molecular weight excluding hydrogens is 156 g/mol. The number of hydrogen-bond acceptors (Lipinski definition) is 1. The molecule has 0 fully saturated rings. The van der Waals surface area contributed by atoms with Crippen LogP contribution in [0.25, 0.3) is 5.52 Å². The van der Waals surface area contributed by atoms with Crippen LogP contribution in [0.1, 0.15) is 5.69 Å². The average molecular weight is 164 g/mol. The maximum Gasteiger partial charge on any atom is 0.182 e. The lowest BCUT2D eigenvalue weighted by atomic mass is 10.3. The summed E-state index contributed by atoms with van der Waals surface area (Å²) in [4.78, 5) is 3.09. The fourth-order valence-corrected chi connectivity index (χ4v) is 1.52. The number of nitrogens with one attached hydrogen (secondary N) is 1. The summed E-state index contributed by atoms with van der Waals surface area (Å²) >= 11 is 5.08. The Morgan fingerprint density at radius 1 is 1.45 bits per heavy atom. The number of fused-ring (bicyclic) bond motifs is 1. The number of aryl methyl sites for hydroxylation is 1. The van der Waals surface area contributed by atoms with Gasteiger partial charge in [0.1, 0.15) is 0 Å². The van der Waals surface area contributed by atoms with E-state index in [2.05, 4.69) is 4.98 Å². The van der Waals surface area contributed by atoms with Gasteiger partial charge in [0.2, 0.25) is 0 Å². The lowest BCUT2D eigenvalue weighted by molar-refractivity contribution is 1.12. The summed E-state index contributed by atoms with van der Waals surface area (Å²) in [5.41, 5.74) is 2.27. The van der Waals surface area contributed by atoms with Crippen LogP contribution in [0.5, 0.6) is 0 Å². The predicted molar refractivity (Wildman–Crippen MR) is 47.3 cm³/mol. The first kappa shape index (κ1) is 6.61. The van der Waals surface area contributed by atoms with E-state index in [1.54, 1.807) is 0 Å². The van der Waals surface area contributed by atoms with Crippen LogP contribution >= 0.6 is 12.2 Å². The van der Waals surface area contributed by atoms with E-state index in [1.165, 1.54) is 0 Å². The highest BCUT2D eigenvalue weighted by atomic mass is 32.1. The highest BCUT2D eigenvalue weighted by Gasteiger charge is 1.96. The number of nitrogens with zero attached hydrogens (tertiary/aromatic N) is 1. The molecule has 56 valence electrons. The predicted octanol–water partition coefficient (Wildman–Crippen LogP) is 2.31. The Labute approximate surface area is 69.5 Å². The molecule has 2 aromatic heterocycles. The number of aromatic amines is 1. The average Bonchev–Trinajstić information content (AvgIpc) is 2.30. The molecule has 11 heavy (non-hydrogen) atoms. The molecular formula is C8H8N2S. The fraction of sp³-hybridized carbons (Fsp3) is 0.125. The lowest BCUT2D eigenvalue weighted by Crippen LogP contribution is -1.80. The quantitative estimate of drug-likeness (QED) is 0.592. The van der Waals surface area contributed by atoms with Gasteiger partial charge < -0.3 is 4.98 Å². The van der Waals surface area contributed by atoms with Gasteiger partial charge >= 0.3 is 0 Å². The molecule has 0 aliphatic carbocycles. The fourth-order valence-electron chi connectivity index (χ4n) is 1.21. The molecule has 0 aromatic carbocycles. The summed E-state index contributed by atoms with van der Waals surface area (Å²) in [5.74, 6) is 0. The molecule has 0 bridgehead atoms. The van der Waals surface area contributed by atoms with E-state index in [0.29, 0.717) is 0 Å². The van der Waals surface area contributed by atoms with Gasteiger partial charge in [0, 0.05) is 11.9 Å². The van der Waals surface area contributed by atoms with Crippen LogP contribution in [-0.2, 0) is 0 Å². The molecule has 0 saturated heterocycles. The van der Waals surface area contributed by atoms with Crippen LogP contribution in [-0.4, -0.2) is 9.38 Å². The van der Waals surface area contributed by atoms with Gasteiger partial charge in [-0.15, -0.1) is 0 Å². The third-order valence-corrected chi connectivity index (χ3v) is 2.06. The Hall–Kier alpha value is -1.09. The second-order valence-electron chi connectivity index (χ2n) is 2.51. The monoisotopic (exact) mass is 164 g/mol. The van der Waals surface area contributed by atoms with E-state index in [9.17, 15) is 0 Å². The Kier molecular flexibility index (Phi) is 1.32. The van der Waals surface area contributed by atoms with E-state index in [0.717, 1.165) is 16.0 Å². The van der Waals surface area contributed by atoms with Gasteiger partial charge in [-0.05, 0) is 31.3 Å². The zero-order chi connectivity index (χ0) is 7.84. The van der Waals surface area contributed by atoms with Gasteiger partial charge in [-0.3, -0.25) is 4.40 Å². The second kappa shape index (κ2) is 2.20. The maximum atomic E-state index is 5.08. The number of aromatic nitrogens is 2. The van der Waals surface area contributed by atoms with E-state index in [1.807, 2.05) is 35.7 Å². The third kappa shape index (κ3) is 0.886. The summed E-state index contributed by atoms with van der Waals surface area (Å²) in [6.07, 6.45) is 1.96. The van der Waals surface area contributed by atoms with Crippen molar-refractivity contribution in [2.24, 2.45) is 0 Å². The highest BCUT2D eigenvalue weighted by molar-refractivity contribution is 7.71. The van der Waals surface area contributed by atoms with E-state index in [4.69, 9.17) is 12.2 Å². The molecule has 1 N–H and O–H groups in total. The SMILES string of the molecule is Cc1[nH]c(=S)n2ccccc12. The van der Waals surface area contributed by atoms with Gasteiger partial charge in [-0.2, -0.15) is 0 Å². The van der Waals surface area contributed by atoms with E-state index in [-0.39, 0.29) is 0 Å². The van der Waals surface area contributed by atoms with Gasteiger partial charge in [-0.1, -0.05) is 6.07 Å². The Morgan fingerprint density at radius 3 is 3.00 bits per heavy atom. The van der Waals surface area contributed by atoms with E-state index >= 15 is 0 Å². The molecule has 0 aliphatic heterocycles. The Bertz CT molecular complexity index is 439. The van der Waals surface area contributed by atoms with Crippen LogP contribution in [0.4, 0.5) is 0 Å². The van der Waals surface area contributed by atoms with Crippen molar-refractivity contribution >= 4 is 17.7 Å². The van der Waals surface area contributed by atoms with Crippen molar-refractivity contribution in [3.05, 3.63) is 34.9 Å². The molecule has 0 saturated carbocycles. The van der Waals surface area contributed by atoms with Crippen LogP contribution < -0.4 is 0 Å². The van der Waals surface area contributed by atoms with Crippen LogP contribution in [0.2, 0.25) is 0 Å². The topological polar surface area (TPSA) is 20.2 Å². The largest absolute Gasteiger partial charge is 0.334 e. The molecule has 0 unspecified atom stereocenters. The molecule has 0 radical (unpaired) electrons. The first-order valence-corrected chi connectivity index (χ1v) is 3.86. The van der Waals surface area contributed by atoms with Crippen LogP contribution in [0.15, 0.2) is 24.4 Å². The summed E-state index contributed by atoms with van der Waals surface area (Å²) in [6.45, 7) is 2.02. The van der Waals surface area contributed by atoms with Crippen molar-refractivity contribution in [2.45, 2.75) is 6.92 Å². The molecule has 0 atom stereocenters. The number of pyridine rings is 1. The standard InChI is InChI=1S/C8H8N2S/c1-6-7-4-2-3-5-10(7)8(11)9-6/h2-5H,1H3,(H,9,11). The first-order valence-electron chi connectivity index (χ1n) is 3.45. The van der Waals surface area contributed by atoms with Crippen LogP contribution in [0.3, 0.4) is 0 Å². The van der Waals surface area contributed by atoms with Crippen molar-refractivity contribution in [1.82, 2.24) is 9.38 Å². The summed E-state index contributed by atoms with van der Waals surface area (Å²) in [5, 5.41) is 0. The minimum atomic E-state index is 0.762. The molecule has 2 aromatic rings. The van der Waals surface area contributed by atoms with Gasteiger partial charge in [-0.25, -0.2) is 0 Å². The van der Waals surface area contributed by atoms with Gasteiger partial charge in [0.25, 0.3) is 0 Å². The molecule has 3 heteroatoms. The number of hydrogen-bond donors (Lipinski definition) is 1. The number of rotatable bonds is 0. The molecule has 2 heterocycles. The zero-order valence-electron chi connectivity index (χ0n) is 6.16. The van der Waals surface area contributed by atoms with Crippen LogP contribution in [0, 0.1) is 11.7 Å². The Balaban J connectivity index is 3.07. The summed E-state index contributed by atoms with van der Waals surface area (Å²) in [7, 11) is 0. The van der Waals surface area contributed by atoms with Gasteiger partial charge in [0.05, 0.1) is 5.52 Å². The minimum Gasteiger partial charge on any atom is -0.334 e. The molecule has 2 nitrogen and oxygen atoms in total. The summed E-state index contributed by atoms with van der Waals surface area (Å²) < 4.78 is 2.73. The zero-order valence-corrected chi connectivity index (χ0v) is 6.98. The third-order valence-electron chi connectivity index (χ3n) is 1.76. The second-order valence-corrected chi connectivity index (χ2v) is 2.90. The molecule has 0 amide bonds. The minimum absolute atomic E-state index is 0.762. The van der Waals surface area contributed by atoms with Gasteiger partial charge in [0.15, 0.2) is 4.77 Å². The molecule has 0 aliphatic rings. The normalized spacial score (nSPS) is 10.6. The first-order chi connectivity index (χ1) is 5.29. The van der Waals surface area contributed by atoms with Crippen molar-refractivity contribution in [3.63, 3.8) is 0 Å². The summed E-state index contributed by atoms with van der Waals surface area (Å²) in [6, 6.07) is 6.02. The van der Waals surface area contributed by atoms with Crippen molar-refractivity contribution < 1.29 is 0 Å². The number of H-pyrrole nitrogens is 1. The van der Waals surface area contributed by atoms with Crippen molar-refractivity contribution in [1.29, 1.82) is 0 Å². The smallest absolute Gasteiger partial charge is 0.182 e. The van der Waals surface area contributed by atoms with Crippen molar-refractivity contribution in [3.8, 4) is 0 Å². The lowest BCUT2D eigenvalue weighted by Gasteiger charge is -1.90.